The molecule has 10 unspecified atom stereocenters. The Morgan fingerprint density at radius 2 is 1.21 bits per heavy atom. The average molecular weight is 723 g/mol. The molecule has 0 radical (unpaired) electrons. The molecule has 15 heteroatoms. The molecule has 3 aliphatic rings. The summed E-state index contributed by atoms with van der Waals surface area (Å²) < 4.78 is 12.9. The second-order valence-corrected chi connectivity index (χ2v) is 13.6. The monoisotopic (exact) mass is 722 g/mol. The zero-order chi connectivity index (χ0) is 37.1. The van der Waals surface area contributed by atoms with Crippen LogP contribution in [0.3, 0.4) is 0 Å². The van der Waals surface area contributed by atoms with Crippen molar-refractivity contribution in [3.05, 3.63) is 47.5 Å². The second kappa shape index (κ2) is 16.6. The highest BCUT2D eigenvalue weighted by molar-refractivity contribution is 6.09. The Bertz CT molecular complexity index is 1740. The normalized spacial score (nSPS) is 31.5. The number of aliphatic hydroxyl groups excluding tert-OH is 8. The van der Waals surface area contributed by atoms with E-state index in [9.17, 15) is 45.6 Å². The van der Waals surface area contributed by atoms with Crippen molar-refractivity contribution in [3.63, 3.8) is 0 Å². The molecule has 15 nitrogen and oxygen atoms in total. The zero-order valence-electron chi connectivity index (χ0n) is 28.7. The summed E-state index contributed by atoms with van der Waals surface area (Å²) in [4.78, 5) is 18.0. The van der Waals surface area contributed by atoms with E-state index in [0.29, 0.717) is 28.7 Å². The number of fused-ring (bicyclic) bond motifs is 3. The number of carbonyl (C=O) groups is 1. The fourth-order valence-electron chi connectivity index (χ4n) is 6.80. The SMILES string of the molecule is CN1CCN(CCNC(=O)Cn2c3cc(C#CC4OC(CO)C(O)C(O)C4O)ccc3c3ccc(C#CC4OC(CO)C(O)C(O)C4O)cc32)CC1. The number of aliphatic hydroxyl groups is 8. The maximum Gasteiger partial charge on any atom is 0.240 e. The Kier molecular flexibility index (Phi) is 12.1. The van der Waals surface area contributed by atoms with E-state index >= 15 is 0 Å². The fraction of sp³-hybridized carbons (Fsp3) is 0.541. The van der Waals surface area contributed by atoms with Crippen molar-refractivity contribution in [1.82, 2.24) is 19.7 Å². The number of piperazine rings is 1. The first-order valence-corrected chi connectivity index (χ1v) is 17.4. The van der Waals surface area contributed by atoms with E-state index in [4.69, 9.17) is 9.47 Å². The zero-order valence-corrected chi connectivity index (χ0v) is 28.7. The second-order valence-electron chi connectivity index (χ2n) is 13.6. The van der Waals surface area contributed by atoms with Gasteiger partial charge in [0.25, 0.3) is 0 Å². The average Bonchev–Trinajstić information content (AvgIpc) is 3.44. The predicted octanol–water partition coefficient (Wildman–Crippen LogP) is -3.45. The summed E-state index contributed by atoms with van der Waals surface area (Å²) in [5.74, 6) is 11.3. The van der Waals surface area contributed by atoms with E-state index in [2.05, 4.69) is 45.8 Å². The molecule has 0 spiro atoms. The van der Waals surface area contributed by atoms with Gasteiger partial charge in [0.15, 0.2) is 0 Å². The van der Waals surface area contributed by atoms with Gasteiger partial charge in [-0.25, -0.2) is 0 Å². The number of aromatic nitrogens is 1. The molecule has 0 bridgehead atoms. The molecular formula is C37H46N4O11. The summed E-state index contributed by atoms with van der Waals surface area (Å²) in [6.45, 7) is 3.83. The quantitative estimate of drug-likeness (QED) is 0.109. The van der Waals surface area contributed by atoms with Crippen LogP contribution in [0.5, 0.6) is 0 Å². The van der Waals surface area contributed by atoms with E-state index < -0.39 is 74.3 Å². The molecule has 3 aromatic rings. The molecule has 3 fully saturated rings. The molecule has 3 saturated heterocycles. The van der Waals surface area contributed by atoms with Crippen LogP contribution in [0.25, 0.3) is 21.8 Å². The Morgan fingerprint density at radius 1 is 0.731 bits per heavy atom. The fourth-order valence-corrected chi connectivity index (χ4v) is 6.80. The lowest BCUT2D eigenvalue weighted by Gasteiger charge is -2.37. The number of hydrogen-bond donors (Lipinski definition) is 9. The van der Waals surface area contributed by atoms with Crippen molar-refractivity contribution in [3.8, 4) is 23.7 Å². The molecule has 0 aliphatic carbocycles. The maximum atomic E-state index is 13.4. The first-order valence-electron chi connectivity index (χ1n) is 17.4. The van der Waals surface area contributed by atoms with Gasteiger partial charge < -0.3 is 65.1 Å². The van der Waals surface area contributed by atoms with Crippen molar-refractivity contribution >= 4 is 27.7 Å². The van der Waals surface area contributed by atoms with E-state index in [1.807, 2.05) is 16.7 Å². The van der Waals surface area contributed by atoms with Crippen LogP contribution in [0.4, 0.5) is 0 Å². The third-order valence-corrected chi connectivity index (χ3v) is 10.0. The van der Waals surface area contributed by atoms with Gasteiger partial charge in [0, 0.05) is 61.2 Å². The lowest BCUT2D eigenvalue weighted by Crippen LogP contribution is -2.58. The Morgan fingerprint density at radius 3 is 1.67 bits per heavy atom. The van der Waals surface area contributed by atoms with Crippen molar-refractivity contribution in [2.75, 3.05) is 59.5 Å². The number of ether oxygens (including phenoxy) is 2. The highest BCUT2D eigenvalue weighted by atomic mass is 16.5. The van der Waals surface area contributed by atoms with Crippen LogP contribution in [0.15, 0.2) is 36.4 Å². The minimum atomic E-state index is -1.55. The molecule has 10 atom stereocenters. The van der Waals surface area contributed by atoms with Crippen molar-refractivity contribution in [2.24, 2.45) is 0 Å². The van der Waals surface area contributed by atoms with Crippen LogP contribution in [0.2, 0.25) is 0 Å². The van der Waals surface area contributed by atoms with Gasteiger partial charge in [-0.15, -0.1) is 0 Å². The van der Waals surface area contributed by atoms with Crippen LogP contribution in [0.1, 0.15) is 11.1 Å². The van der Waals surface area contributed by atoms with Crippen molar-refractivity contribution < 1.29 is 55.1 Å². The van der Waals surface area contributed by atoms with Gasteiger partial charge in [-0.1, -0.05) is 35.8 Å². The number of likely N-dealkylation sites (N-methyl/N-ethyl adjacent to an activating group) is 1. The summed E-state index contributed by atoms with van der Waals surface area (Å²) in [6, 6.07) is 10.8. The van der Waals surface area contributed by atoms with E-state index in [1.165, 1.54) is 0 Å². The number of rotatable bonds is 7. The molecule has 4 heterocycles. The van der Waals surface area contributed by atoms with Gasteiger partial charge >= 0.3 is 0 Å². The maximum absolute atomic E-state index is 13.4. The van der Waals surface area contributed by atoms with E-state index in [0.717, 1.165) is 43.5 Å². The molecule has 280 valence electrons. The summed E-state index contributed by atoms with van der Waals surface area (Å²) in [5, 5.41) is 85.3. The molecule has 3 aliphatic heterocycles. The molecular weight excluding hydrogens is 676 g/mol. The first kappa shape index (κ1) is 38.1. The molecule has 1 amide bonds. The summed E-state index contributed by atoms with van der Waals surface area (Å²) >= 11 is 0. The molecule has 0 saturated carbocycles. The first-order chi connectivity index (χ1) is 25.0. The van der Waals surface area contributed by atoms with Gasteiger partial charge in [-0.3, -0.25) is 9.69 Å². The van der Waals surface area contributed by atoms with Crippen molar-refractivity contribution in [2.45, 2.75) is 67.6 Å². The highest BCUT2D eigenvalue weighted by Gasteiger charge is 2.43. The van der Waals surface area contributed by atoms with Gasteiger partial charge in [0.05, 0.1) is 24.2 Å². The van der Waals surface area contributed by atoms with Crippen LogP contribution >= 0.6 is 0 Å². The molecule has 6 rings (SSSR count). The minimum Gasteiger partial charge on any atom is -0.394 e. The highest BCUT2D eigenvalue weighted by Crippen LogP contribution is 2.31. The van der Waals surface area contributed by atoms with E-state index in [1.54, 1.807) is 24.3 Å². The third-order valence-electron chi connectivity index (χ3n) is 10.0. The summed E-state index contributed by atoms with van der Waals surface area (Å²) in [7, 11) is 2.09. The van der Waals surface area contributed by atoms with Crippen LogP contribution in [0, 0.1) is 23.7 Å². The van der Waals surface area contributed by atoms with Gasteiger partial charge in [0.1, 0.15) is 67.6 Å². The molecule has 2 aromatic carbocycles. The Balaban J connectivity index is 1.30. The number of benzene rings is 2. The van der Waals surface area contributed by atoms with Crippen LogP contribution in [-0.4, -0.2) is 182 Å². The smallest absolute Gasteiger partial charge is 0.240 e. The van der Waals surface area contributed by atoms with Gasteiger partial charge in [0.2, 0.25) is 5.91 Å². The standard InChI is InChI=1S/C37H46N4O11/c1-39-12-14-40(15-13-39)11-10-38-31(44)18-41-25-16-21(4-8-27-32(45)36(49)34(47)29(19-42)51-27)2-6-23(25)24-7-3-22(17-26(24)41)5-9-28-33(46)37(50)35(48)30(20-43)52-28/h2-3,6-7,16-17,27-30,32-37,42-43,45-50H,10-15,18-20H2,1H3,(H,38,44). The largest absolute Gasteiger partial charge is 0.394 e. The van der Waals surface area contributed by atoms with E-state index in [-0.39, 0.29) is 12.5 Å². The molecule has 52 heavy (non-hydrogen) atoms. The predicted molar refractivity (Wildman–Crippen MR) is 188 cm³/mol. The Hall–Kier alpha value is -3.65. The summed E-state index contributed by atoms with van der Waals surface area (Å²) in [6.07, 6.45) is -13.6. The van der Waals surface area contributed by atoms with Crippen molar-refractivity contribution in [1.29, 1.82) is 0 Å². The molecule has 9 N–H and O–H groups in total. The lowest BCUT2D eigenvalue weighted by molar-refractivity contribution is -0.214. The number of amides is 1. The topological polar surface area (TPSA) is 221 Å². The number of nitrogens with zero attached hydrogens (tertiary/aromatic N) is 3. The number of carbonyl (C=O) groups excluding carboxylic acids is 1. The van der Waals surface area contributed by atoms with Gasteiger partial charge in [-0.05, 0) is 31.3 Å². The van der Waals surface area contributed by atoms with Crippen LogP contribution < -0.4 is 5.32 Å². The number of hydrogen-bond acceptors (Lipinski definition) is 13. The third kappa shape index (κ3) is 8.12. The lowest BCUT2D eigenvalue weighted by atomic mass is 9.95. The van der Waals surface area contributed by atoms with Crippen LogP contribution in [-0.2, 0) is 20.8 Å². The Labute approximate surface area is 300 Å². The summed E-state index contributed by atoms with van der Waals surface area (Å²) in [5.41, 5.74) is 2.41. The number of nitrogens with one attached hydrogen (secondary N) is 1. The molecule has 1 aromatic heterocycles. The minimum absolute atomic E-state index is 0.0318. The van der Waals surface area contributed by atoms with Gasteiger partial charge in [-0.2, -0.15) is 0 Å².